The van der Waals surface area contributed by atoms with Gasteiger partial charge < -0.3 is 20.5 Å². The minimum atomic E-state index is -1.11. The summed E-state index contributed by atoms with van der Waals surface area (Å²) in [4.78, 5) is 31.1. The Morgan fingerprint density at radius 3 is 2.83 bits per heavy atom. The number of nitrogens with one attached hydrogen (secondary N) is 2. The number of aliphatic carboxylic acids is 1. The molecular weight excluding hydrogens is 491 g/mol. The summed E-state index contributed by atoms with van der Waals surface area (Å²) in [7, 11) is 0. The van der Waals surface area contributed by atoms with E-state index in [2.05, 4.69) is 22.8 Å². The van der Waals surface area contributed by atoms with Gasteiger partial charge in [-0.25, -0.2) is 9.78 Å². The molecule has 3 heterocycles. The molecule has 1 saturated heterocycles. The number of rotatable bonds is 10. The number of carbonyl (C=O) groups is 2. The van der Waals surface area contributed by atoms with Gasteiger partial charge in [0.15, 0.2) is 0 Å². The number of amides is 1. The second kappa shape index (κ2) is 12.0. The summed E-state index contributed by atoms with van der Waals surface area (Å²) >= 11 is 12.2. The van der Waals surface area contributed by atoms with Gasteiger partial charge in [-0.15, -0.1) is 0 Å². The average Bonchev–Trinajstić information content (AvgIpc) is 3.28. The van der Waals surface area contributed by atoms with Gasteiger partial charge in [0.1, 0.15) is 11.9 Å². The zero-order chi connectivity index (χ0) is 24.8. The number of carbonyl (C=O) groups excluding carboxylic acids is 1. The van der Waals surface area contributed by atoms with Crippen molar-refractivity contribution in [1.29, 1.82) is 0 Å². The lowest BCUT2D eigenvalue weighted by molar-refractivity contribution is -0.139. The topological polar surface area (TPSA) is 104 Å². The van der Waals surface area contributed by atoms with Gasteiger partial charge in [0.2, 0.25) is 0 Å². The molecule has 188 valence electrons. The number of benzene rings is 1. The van der Waals surface area contributed by atoms with E-state index in [4.69, 9.17) is 32.9 Å². The number of nitrogens with zero attached hydrogens (tertiary/aromatic N) is 2. The highest BCUT2D eigenvalue weighted by Gasteiger charge is 2.30. The minimum Gasteiger partial charge on any atom is -0.480 e. The van der Waals surface area contributed by atoms with Gasteiger partial charge in [-0.2, -0.15) is 0 Å². The van der Waals surface area contributed by atoms with Crippen molar-refractivity contribution in [2.45, 2.75) is 44.2 Å². The molecule has 2 aromatic rings. The maximum atomic E-state index is 12.6. The second-order valence-electron chi connectivity index (χ2n) is 8.95. The number of aromatic nitrogens is 1. The fourth-order valence-electron chi connectivity index (χ4n) is 4.50. The third-order valence-electron chi connectivity index (χ3n) is 6.35. The van der Waals surface area contributed by atoms with Crippen LogP contribution in [-0.4, -0.2) is 71.8 Å². The van der Waals surface area contributed by atoms with Crippen molar-refractivity contribution in [2.24, 2.45) is 0 Å². The van der Waals surface area contributed by atoms with Crippen molar-refractivity contribution in [1.82, 2.24) is 15.2 Å². The molecule has 1 aromatic carbocycles. The maximum absolute atomic E-state index is 12.6. The Labute approximate surface area is 215 Å². The number of carboxylic acids is 1. The fraction of sp³-hybridized carbons (Fsp3) is 0.480. The Hall–Kier alpha value is -2.39. The van der Waals surface area contributed by atoms with E-state index in [1.54, 1.807) is 18.2 Å². The molecule has 1 amide bonds. The molecule has 2 aliphatic heterocycles. The van der Waals surface area contributed by atoms with Crippen molar-refractivity contribution in [3.8, 4) is 0 Å². The van der Waals surface area contributed by atoms with Crippen LogP contribution in [0.3, 0.4) is 0 Å². The number of likely N-dealkylation sites (tertiary alicyclic amines) is 1. The van der Waals surface area contributed by atoms with Crippen molar-refractivity contribution in [3.05, 3.63) is 57.2 Å². The Morgan fingerprint density at radius 1 is 1.26 bits per heavy atom. The van der Waals surface area contributed by atoms with Crippen LogP contribution in [-0.2, 0) is 22.4 Å². The molecule has 2 aliphatic rings. The molecule has 0 saturated carbocycles. The SMILES string of the molecule is O=C(N[C@H](CN1CCC(OCCCc2ccc3c(n2)NCCC3)C1)C(=O)O)c1c(Cl)cccc1Cl. The van der Waals surface area contributed by atoms with E-state index >= 15 is 0 Å². The van der Waals surface area contributed by atoms with Gasteiger partial charge >= 0.3 is 5.97 Å². The third kappa shape index (κ3) is 6.85. The van der Waals surface area contributed by atoms with E-state index in [0.717, 1.165) is 50.2 Å². The molecule has 3 N–H and O–H groups in total. The Balaban J connectivity index is 1.21. The number of pyridine rings is 1. The van der Waals surface area contributed by atoms with Crippen LogP contribution in [0.15, 0.2) is 30.3 Å². The van der Waals surface area contributed by atoms with Crippen LogP contribution in [0.4, 0.5) is 5.82 Å². The largest absolute Gasteiger partial charge is 0.480 e. The lowest BCUT2D eigenvalue weighted by Gasteiger charge is -2.22. The number of fused-ring (bicyclic) bond motifs is 1. The zero-order valence-corrected chi connectivity index (χ0v) is 20.9. The molecule has 0 spiro atoms. The number of aryl methyl sites for hydroxylation is 2. The van der Waals surface area contributed by atoms with Crippen molar-refractivity contribution >= 4 is 40.9 Å². The summed E-state index contributed by atoms with van der Waals surface area (Å²) in [5, 5.41) is 15.9. The smallest absolute Gasteiger partial charge is 0.327 e. The van der Waals surface area contributed by atoms with Gasteiger partial charge in [-0.05, 0) is 55.9 Å². The van der Waals surface area contributed by atoms with Crippen molar-refractivity contribution in [3.63, 3.8) is 0 Å². The number of anilines is 1. The first-order chi connectivity index (χ1) is 16.9. The van der Waals surface area contributed by atoms with Crippen LogP contribution >= 0.6 is 23.2 Å². The molecular formula is C25H30Cl2N4O4. The lowest BCUT2D eigenvalue weighted by atomic mass is 10.1. The monoisotopic (exact) mass is 520 g/mol. The van der Waals surface area contributed by atoms with Gasteiger partial charge in [-0.3, -0.25) is 9.69 Å². The Morgan fingerprint density at radius 2 is 2.06 bits per heavy atom. The van der Waals surface area contributed by atoms with Crippen LogP contribution < -0.4 is 10.6 Å². The molecule has 10 heteroatoms. The van der Waals surface area contributed by atoms with Crippen molar-refractivity contribution in [2.75, 3.05) is 38.1 Å². The number of ether oxygens (including phenoxy) is 1. The number of halogens is 2. The van der Waals surface area contributed by atoms with Gasteiger partial charge in [-0.1, -0.05) is 35.3 Å². The van der Waals surface area contributed by atoms with Crippen LogP contribution in [0.2, 0.25) is 10.0 Å². The highest BCUT2D eigenvalue weighted by molar-refractivity contribution is 6.39. The number of hydrogen-bond donors (Lipinski definition) is 3. The van der Waals surface area contributed by atoms with Gasteiger partial charge in [0.05, 0.1) is 21.7 Å². The molecule has 0 radical (unpaired) electrons. The minimum absolute atomic E-state index is 0.0383. The second-order valence-corrected chi connectivity index (χ2v) is 9.76. The van der Waals surface area contributed by atoms with Crippen LogP contribution in [0, 0.1) is 0 Å². The first kappa shape index (κ1) is 25.7. The van der Waals surface area contributed by atoms with E-state index < -0.39 is 17.9 Å². The lowest BCUT2D eigenvalue weighted by Crippen LogP contribution is -2.48. The highest BCUT2D eigenvalue weighted by Crippen LogP contribution is 2.24. The summed E-state index contributed by atoms with van der Waals surface area (Å²) in [6.07, 6.45) is 4.80. The van der Waals surface area contributed by atoms with E-state index in [9.17, 15) is 14.7 Å². The van der Waals surface area contributed by atoms with Gasteiger partial charge in [0.25, 0.3) is 5.91 Å². The predicted octanol–water partition coefficient (Wildman–Crippen LogP) is 3.65. The van der Waals surface area contributed by atoms with Crippen molar-refractivity contribution < 1.29 is 19.4 Å². The zero-order valence-electron chi connectivity index (χ0n) is 19.4. The standard InChI is InChI=1S/C25H30Cl2N4O4/c26-19-6-1-7-20(27)22(19)24(32)30-21(25(33)34)15-31-12-10-18(14-31)35-13-3-5-17-9-8-16-4-2-11-28-23(16)29-17/h1,6-9,18,21H,2-5,10-15H2,(H,28,29)(H,30,32)(H,33,34)/t18?,21-/m1/s1. The summed E-state index contributed by atoms with van der Waals surface area (Å²) < 4.78 is 6.04. The fourth-order valence-corrected chi connectivity index (χ4v) is 5.07. The first-order valence-electron chi connectivity index (χ1n) is 11.9. The summed E-state index contributed by atoms with van der Waals surface area (Å²) in [6.45, 7) is 3.09. The normalized spacial score (nSPS) is 18.5. The third-order valence-corrected chi connectivity index (χ3v) is 6.98. The van der Waals surface area contributed by atoms with Crippen LogP contribution in [0.5, 0.6) is 0 Å². The quantitative estimate of drug-likeness (QED) is 0.410. The van der Waals surface area contributed by atoms with E-state index in [1.165, 1.54) is 5.56 Å². The predicted molar refractivity (Wildman–Crippen MR) is 136 cm³/mol. The summed E-state index contributed by atoms with van der Waals surface area (Å²) in [5.41, 5.74) is 2.43. The highest BCUT2D eigenvalue weighted by atomic mass is 35.5. The molecule has 1 unspecified atom stereocenters. The van der Waals surface area contributed by atoms with E-state index in [0.29, 0.717) is 19.7 Å². The molecule has 1 fully saturated rings. The van der Waals surface area contributed by atoms with Crippen LogP contribution in [0.1, 0.15) is 40.9 Å². The van der Waals surface area contributed by atoms with E-state index in [-0.39, 0.29) is 28.3 Å². The molecule has 35 heavy (non-hydrogen) atoms. The number of hydrogen-bond acceptors (Lipinski definition) is 6. The molecule has 4 rings (SSSR count). The number of carboxylic acid groups (broad SMARTS) is 1. The van der Waals surface area contributed by atoms with Gasteiger partial charge in [0, 0.05) is 38.5 Å². The molecule has 8 nitrogen and oxygen atoms in total. The van der Waals surface area contributed by atoms with E-state index in [1.807, 2.05) is 4.90 Å². The average molecular weight is 521 g/mol. The molecule has 0 aliphatic carbocycles. The first-order valence-corrected chi connectivity index (χ1v) is 12.7. The Kier molecular flexibility index (Phi) is 8.83. The molecule has 1 aromatic heterocycles. The van der Waals surface area contributed by atoms with Crippen LogP contribution in [0.25, 0.3) is 0 Å². The molecule has 2 atom stereocenters. The summed E-state index contributed by atoms with van der Waals surface area (Å²) in [6, 6.07) is 7.88. The molecule has 0 bridgehead atoms. The summed E-state index contributed by atoms with van der Waals surface area (Å²) in [5.74, 6) is -0.707. The maximum Gasteiger partial charge on any atom is 0.327 e. The Bertz CT molecular complexity index is 1050.